The van der Waals surface area contributed by atoms with E-state index in [0.717, 1.165) is 0 Å². The van der Waals surface area contributed by atoms with Gasteiger partial charge in [0.15, 0.2) is 5.78 Å². The summed E-state index contributed by atoms with van der Waals surface area (Å²) in [6, 6.07) is 0. The molecule has 0 aromatic heterocycles. The smallest absolute Gasteiger partial charge is 0.316 e. The highest BCUT2D eigenvalue weighted by Crippen LogP contribution is 2.42. The molecule has 0 amide bonds. The Morgan fingerprint density at radius 3 is 2.62 bits per heavy atom. The van der Waals surface area contributed by atoms with Crippen LogP contribution in [0.25, 0.3) is 0 Å². The molecule has 0 saturated heterocycles. The Hall–Kier alpha value is -1.19. The Morgan fingerprint density at radius 2 is 2.12 bits per heavy atom. The van der Waals surface area contributed by atoms with Gasteiger partial charge in [0.25, 0.3) is 0 Å². The minimum Gasteiger partial charge on any atom is -0.468 e. The highest BCUT2D eigenvalue weighted by atomic mass is 16.5. The molecule has 0 heterocycles. The lowest BCUT2D eigenvalue weighted by atomic mass is 9.81. The zero-order chi connectivity index (χ0) is 12.3. The van der Waals surface area contributed by atoms with Gasteiger partial charge in [-0.1, -0.05) is 6.92 Å². The number of carbonyl (C=O) groups excluding carboxylic acids is 3. The molecule has 90 valence electrons. The number of methoxy groups -OCH3 is 1. The quantitative estimate of drug-likeness (QED) is 0.538. The van der Waals surface area contributed by atoms with E-state index in [-0.39, 0.29) is 11.6 Å². The third kappa shape index (κ3) is 2.49. The fourth-order valence-corrected chi connectivity index (χ4v) is 2.21. The van der Waals surface area contributed by atoms with E-state index in [2.05, 4.69) is 4.74 Å². The first-order chi connectivity index (χ1) is 7.40. The lowest BCUT2D eigenvalue weighted by molar-refractivity contribution is -0.149. The van der Waals surface area contributed by atoms with E-state index in [4.69, 9.17) is 0 Å². The number of hydrogen-bond donors (Lipinski definition) is 0. The minimum absolute atomic E-state index is 0.0689. The summed E-state index contributed by atoms with van der Waals surface area (Å²) in [5.74, 6) is -1.06. The number of Topliss-reactive ketones (excluding diaryl/α,β-unsaturated/α-hetero) is 2. The molecule has 16 heavy (non-hydrogen) atoms. The molecule has 1 rings (SSSR count). The predicted molar refractivity (Wildman–Crippen MR) is 57.8 cm³/mol. The first-order valence-electron chi connectivity index (χ1n) is 5.52. The van der Waals surface area contributed by atoms with Crippen molar-refractivity contribution in [2.45, 2.75) is 39.5 Å². The zero-order valence-corrected chi connectivity index (χ0v) is 10.0. The largest absolute Gasteiger partial charge is 0.468 e. The summed E-state index contributed by atoms with van der Waals surface area (Å²) in [6.45, 7) is 3.35. The maximum absolute atomic E-state index is 12.0. The first kappa shape index (κ1) is 12.9. The van der Waals surface area contributed by atoms with Gasteiger partial charge in [-0.3, -0.25) is 9.59 Å². The summed E-state index contributed by atoms with van der Waals surface area (Å²) in [5, 5.41) is 0. The van der Waals surface area contributed by atoms with E-state index >= 15 is 0 Å². The van der Waals surface area contributed by atoms with Crippen LogP contribution in [0.3, 0.4) is 0 Å². The fraction of sp³-hybridized carbons (Fsp3) is 0.750. The van der Waals surface area contributed by atoms with E-state index in [1.54, 1.807) is 0 Å². The van der Waals surface area contributed by atoms with E-state index in [9.17, 15) is 14.4 Å². The molecule has 4 heteroatoms. The molecule has 0 spiro atoms. The van der Waals surface area contributed by atoms with Crippen molar-refractivity contribution in [2.75, 3.05) is 7.11 Å². The Labute approximate surface area is 95.3 Å². The van der Waals surface area contributed by atoms with Crippen molar-refractivity contribution < 1.29 is 19.1 Å². The van der Waals surface area contributed by atoms with Crippen molar-refractivity contribution in [3.05, 3.63) is 0 Å². The number of hydrogen-bond acceptors (Lipinski definition) is 4. The molecule has 4 nitrogen and oxygen atoms in total. The third-order valence-corrected chi connectivity index (χ3v) is 3.41. The van der Waals surface area contributed by atoms with Crippen molar-refractivity contribution in [1.82, 2.24) is 0 Å². The van der Waals surface area contributed by atoms with Gasteiger partial charge in [-0.05, 0) is 26.2 Å². The van der Waals surface area contributed by atoms with Gasteiger partial charge < -0.3 is 9.53 Å². The van der Waals surface area contributed by atoms with Crippen LogP contribution in [-0.2, 0) is 19.1 Å². The highest BCUT2D eigenvalue weighted by molar-refractivity contribution is 6.03. The number of carbonyl (C=O) groups is 3. The first-order valence-corrected chi connectivity index (χ1v) is 5.52. The van der Waals surface area contributed by atoms with Crippen LogP contribution in [0.1, 0.15) is 39.5 Å². The number of ether oxygens (including phenoxy) is 1. The summed E-state index contributed by atoms with van der Waals surface area (Å²) in [5.41, 5.74) is -0.523. The molecule has 2 unspecified atom stereocenters. The Bertz CT molecular complexity index is 321. The number of esters is 1. The monoisotopic (exact) mass is 226 g/mol. The minimum atomic E-state index is -0.623. The van der Waals surface area contributed by atoms with Crippen molar-refractivity contribution in [1.29, 1.82) is 0 Å². The molecular formula is C12H18O4. The highest BCUT2D eigenvalue weighted by Gasteiger charge is 2.47. The van der Waals surface area contributed by atoms with Crippen LogP contribution in [0.4, 0.5) is 0 Å². The maximum Gasteiger partial charge on any atom is 0.316 e. The van der Waals surface area contributed by atoms with Crippen molar-refractivity contribution in [3.63, 3.8) is 0 Å². The van der Waals surface area contributed by atoms with Crippen molar-refractivity contribution in [2.24, 2.45) is 11.3 Å². The van der Waals surface area contributed by atoms with Gasteiger partial charge in [0.2, 0.25) is 0 Å². The average molecular weight is 226 g/mol. The van der Waals surface area contributed by atoms with Gasteiger partial charge in [0.05, 0.1) is 7.11 Å². The number of ketones is 2. The summed E-state index contributed by atoms with van der Waals surface area (Å²) < 4.78 is 4.60. The average Bonchev–Trinajstić information content (AvgIpc) is 2.53. The number of rotatable bonds is 4. The summed E-state index contributed by atoms with van der Waals surface area (Å²) in [6.07, 6.45) is 2.14. The molecule has 1 aliphatic carbocycles. The molecule has 0 aliphatic heterocycles. The standard InChI is InChI=1S/C12H18O4/c1-8(13)4-6-12(2)7-5-9(10(12)14)11(15)16-3/h9H,4-7H2,1-3H3. The van der Waals surface area contributed by atoms with Gasteiger partial charge in [-0.15, -0.1) is 0 Å². The predicted octanol–water partition coefficient (Wildman–Crippen LogP) is 1.51. The molecule has 1 fully saturated rings. The van der Waals surface area contributed by atoms with Crippen LogP contribution in [0.2, 0.25) is 0 Å². The van der Waals surface area contributed by atoms with Crippen LogP contribution in [0.5, 0.6) is 0 Å². The van der Waals surface area contributed by atoms with Gasteiger partial charge in [-0.25, -0.2) is 0 Å². The van der Waals surface area contributed by atoms with Crippen molar-refractivity contribution >= 4 is 17.5 Å². The van der Waals surface area contributed by atoms with Gasteiger partial charge in [0.1, 0.15) is 11.7 Å². The Kier molecular flexibility index (Phi) is 3.83. The molecule has 0 aromatic carbocycles. The molecular weight excluding hydrogens is 208 g/mol. The molecule has 0 radical (unpaired) electrons. The SMILES string of the molecule is COC(=O)C1CCC(C)(CCC(C)=O)C1=O. The Balaban J connectivity index is 2.68. The van der Waals surface area contributed by atoms with Crippen LogP contribution < -0.4 is 0 Å². The van der Waals surface area contributed by atoms with Crippen LogP contribution in [-0.4, -0.2) is 24.6 Å². The lowest BCUT2D eigenvalue weighted by Crippen LogP contribution is -2.30. The zero-order valence-electron chi connectivity index (χ0n) is 10.0. The maximum atomic E-state index is 12.0. The van der Waals surface area contributed by atoms with E-state index < -0.39 is 17.3 Å². The Morgan fingerprint density at radius 1 is 1.50 bits per heavy atom. The second-order valence-corrected chi connectivity index (χ2v) is 4.74. The van der Waals surface area contributed by atoms with E-state index in [1.807, 2.05) is 6.92 Å². The topological polar surface area (TPSA) is 60.4 Å². The molecule has 0 bridgehead atoms. The molecule has 1 aliphatic rings. The normalized spacial score (nSPS) is 29.2. The summed E-state index contributed by atoms with van der Waals surface area (Å²) in [7, 11) is 1.29. The molecule has 1 saturated carbocycles. The summed E-state index contributed by atoms with van der Waals surface area (Å²) >= 11 is 0. The van der Waals surface area contributed by atoms with E-state index in [1.165, 1.54) is 14.0 Å². The van der Waals surface area contributed by atoms with Crippen LogP contribution in [0.15, 0.2) is 0 Å². The van der Waals surface area contributed by atoms with Crippen LogP contribution >= 0.6 is 0 Å². The molecule has 0 N–H and O–H groups in total. The van der Waals surface area contributed by atoms with Crippen molar-refractivity contribution in [3.8, 4) is 0 Å². The fourth-order valence-electron chi connectivity index (χ4n) is 2.21. The molecule has 0 aromatic rings. The lowest BCUT2D eigenvalue weighted by Gasteiger charge is -2.21. The van der Waals surface area contributed by atoms with Gasteiger partial charge in [0, 0.05) is 11.8 Å². The van der Waals surface area contributed by atoms with Gasteiger partial charge in [-0.2, -0.15) is 0 Å². The third-order valence-electron chi connectivity index (χ3n) is 3.41. The second kappa shape index (κ2) is 4.76. The van der Waals surface area contributed by atoms with E-state index in [0.29, 0.717) is 25.7 Å². The van der Waals surface area contributed by atoms with Gasteiger partial charge >= 0.3 is 5.97 Å². The van der Waals surface area contributed by atoms with Crippen LogP contribution in [0, 0.1) is 11.3 Å². The summed E-state index contributed by atoms with van der Waals surface area (Å²) in [4.78, 5) is 34.3. The second-order valence-electron chi connectivity index (χ2n) is 4.74. The molecule has 2 atom stereocenters.